The van der Waals surface area contributed by atoms with Crippen LogP contribution in [0.3, 0.4) is 0 Å². The molecule has 6 heteroatoms. The summed E-state index contributed by atoms with van der Waals surface area (Å²) in [6.07, 6.45) is 3.72. The number of nitrogens with zero attached hydrogens (tertiary/aromatic N) is 3. The minimum absolute atomic E-state index is 0.0201. The molecule has 0 bridgehead atoms. The topological polar surface area (TPSA) is 59.4 Å². The molecule has 134 valence electrons. The van der Waals surface area contributed by atoms with E-state index in [1.54, 1.807) is 6.20 Å². The van der Waals surface area contributed by atoms with E-state index in [-0.39, 0.29) is 24.1 Å². The first kappa shape index (κ1) is 17.6. The summed E-state index contributed by atoms with van der Waals surface area (Å²) in [5, 5.41) is 7.31. The lowest BCUT2D eigenvalue weighted by molar-refractivity contribution is -0.131. The van der Waals surface area contributed by atoms with Crippen molar-refractivity contribution in [3.8, 4) is 0 Å². The van der Waals surface area contributed by atoms with Crippen LogP contribution in [0.4, 0.5) is 0 Å². The first-order valence-electron chi connectivity index (χ1n) is 8.82. The Hall–Kier alpha value is -2.18. The highest BCUT2D eigenvalue weighted by Crippen LogP contribution is 2.24. The van der Waals surface area contributed by atoms with E-state index in [1.165, 1.54) is 0 Å². The average Bonchev–Trinajstić information content (AvgIpc) is 3.09. The molecule has 0 aliphatic carbocycles. The van der Waals surface area contributed by atoms with Crippen molar-refractivity contribution >= 4 is 5.91 Å². The van der Waals surface area contributed by atoms with Gasteiger partial charge in [-0.05, 0) is 25.5 Å². The highest BCUT2D eigenvalue weighted by atomic mass is 16.5. The predicted molar refractivity (Wildman–Crippen MR) is 96.0 cm³/mol. The van der Waals surface area contributed by atoms with Crippen molar-refractivity contribution in [1.29, 1.82) is 0 Å². The van der Waals surface area contributed by atoms with Gasteiger partial charge in [0.1, 0.15) is 6.04 Å². The van der Waals surface area contributed by atoms with Gasteiger partial charge in [-0.3, -0.25) is 14.4 Å². The minimum Gasteiger partial charge on any atom is -0.374 e. The van der Waals surface area contributed by atoms with Gasteiger partial charge in [-0.15, -0.1) is 0 Å². The van der Waals surface area contributed by atoms with Crippen LogP contribution in [0.2, 0.25) is 0 Å². The Morgan fingerprint density at radius 2 is 2.12 bits per heavy atom. The van der Waals surface area contributed by atoms with E-state index in [9.17, 15) is 4.79 Å². The zero-order valence-electron chi connectivity index (χ0n) is 14.8. The van der Waals surface area contributed by atoms with Crippen LogP contribution < -0.4 is 5.32 Å². The molecule has 1 fully saturated rings. The first-order valence-corrected chi connectivity index (χ1v) is 8.82. The van der Waals surface area contributed by atoms with E-state index in [1.807, 2.05) is 61.1 Å². The van der Waals surface area contributed by atoms with Crippen molar-refractivity contribution in [3.05, 3.63) is 54.4 Å². The molecule has 2 aromatic rings. The zero-order chi connectivity index (χ0) is 17.6. The van der Waals surface area contributed by atoms with E-state index in [0.717, 1.165) is 12.1 Å². The van der Waals surface area contributed by atoms with Crippen molar-refractivity contribution in [2.75, 3.05) is 19.7 Å². The maximum Gasteiger partial charge on any atom is 0.242 e. The lowest BCUT2D eigenvalue weighted by Crippen LogP contribution is -2.50. The number of carbonyl (C=O) groups excluding carboxylic acids is 1. The number of hydrogen-bond acceptors (Lipinski definition) is 4. The Morgan fingerprint density at radius 3 is 2.80 bits per heavy atom. The van der Waals surface area contributed by atoms with Gasteiger partial charge in [-0.2, -0.15) is 5.10 Å². The van der Waals surface area contributed by atoms with Gasteiger partial charge < -0.3 is 10.1 Å². The molecule has 1 aromatic carbocycles. The van der Waals surface area contributed by atoms with Gasteiger partial charge in [-0.25, -0.2) is 0 Å². The smallest absolute Gasteiger partial charge is 0.242 e. The van der Waals surface area contributed by atoms with Gasteiger partial charge in [-0.1, -0.05) is 30.3 Å². The fourth-order valence-corrected chi connectivity index (χ4v) is 3.23. The number of ether oxygens (including phenoxy) is 1. The molecule has 0 spiro atoms. The normalized spacial score (nSPS) is 19.7. The number of nitrogens with one attached hydrogen (secondary N) is 1. The van der Waals surface area contributed by atoms with E-state index >= 15 is 0 Å². The molecule has 2 heterocycles. The molecule has 1 amide bonds. The number of aromatic nitrogens is 2. The molecule has 3 rings (SSSR count). The monoisotopic (exact) mass is 342 g/mol. The lowest BCUT2D eigenvalue weighted by Gasteiger charge is -2.38. The third-order valence-electron chi connectivity index (χ3n) is 4.28. The van der Waals surface area contributed by atoms with Crippen LogP contribution >= 0.6 is 0 Å². The number of hydrogen-bond donors (Lipinski definition) is 1. The number of carbonyl (C=O) groups is 1. The van der Waals surface area contributed by atoms with Gasteiger partial charge in [0.05, 0.1) is 19.3 Å². The third kappa shape index (κ3) is 4.67. The Kier molecular flexibility index (Phi) is 5.83. The lowest BCUT2D eigenvalue weighted by atomic mass is 10.0. The number of benzene rings is 1. The highest BCUT2D eigenvalue weighted by molar-refractivity contribution is 5.83. The summed E-state index contributed by atoms with van der Waals surface area (Å²) in [5.41, 5.74) is 1.01. The maximum atomic E-state index is 12.9. The number of rotatable bonds is 6. The van der Waals surface area contributed by atoms with Crippen LogP contribution in [-0.2, 0) is 16.1 Å². The Labute approximate surface area is 148 Å². The van der Waals surface area contributed by atoms with Crippen LogP contribution in [-0.4, -0.2) is 52.4 Å². The van der Waals surface area contributed by atoms with Crippen LogP contribution in [0.5, 0.6) is 0 Å². The molecule has 1 aromatic heterocycles. The van der Waals surface area contributed by atoms with Crippen LogP contribution in [0, 0.1) is 0 Å². The minimum atomic E-state index is -0.298. The van der Waals surface area contributed by atoms with Gasteiger partial charge in [0.15, 0.2) is 0 Å². The van der Waals surface area contributed by atoms with Gasteiger partial charge in [0.25, 0.3) is 0 Å². The quantitative estimate of drug-likeness (QED) is 0.870. The molecular weight excluding hydrogens is 316 g/mol. The molecule has 1 aliphatic heterocycles. The highest BCUT2D eigenvalue weighted by Gasteiger charge is 2.32. The second-order valence-electron chi connectivity index (χ2n) is 6.69. The fourth-order valence-electron chi connectivity index (χ4n) is 3.23. The van der Waals surface area contributed by atoms with Gasteiger partial charge >= 0.3 is 0 Å². The fraction of sp³-hybridized carbons (Fsp3) is 0.474. The summed E-state index contributed by atoms with van der Waals surface area (Å²) in [6.45, 7) is 6.71. The molecule has 2 atom stereocenters. The largest absolute Gasteiger partial charge is 0.374 e. The van der Waals surface area contributed by atoms with Crippen LogP contribution in [0.25, 0.3) is 0 Å². The van der Waals surface area contributed by atoms with E-state index < -0.39 is 0 Å². The zero-order valence-corrected chi connectivity index (χ0v) is 14.8. The van der Waals surface area contributed by atoms with Crippen LogP contribution in [0.15, 0.2) is 48.8 Å². The molecule has 0 unspecified atom stereocenters. The third-order valence-corrected chi connectivity index (χ3v) is 4.28. The number of amides is 1. The predicted octanol–water partition coefficient (Wildman–Crippen LogP) is 1.85. The summed E-state index contributed by atoms with van der Waals surface area (Å²) in [6, 6.07) is 11.7. The summed E-state index contributed by atoms with van der Waals surface area (Å²) in [4.78, 5) is 15.1. The SMILES string of the molecule is CC(C)NC(=O)[C@H](c1ccccc1)N1CCO[C@@H](Cn2cccn2)C1. The molecular formula is C19H26N4O2. The molecule has 0 radical (unpaired) electrons. The molecule has 0 saturated carbocycles. The summed E-state index contributed by atoms with van der Waals surface area (Å²) in [5.74, 6) is 0.0425. The number of morpholine rings is 1. The summed E-state index contributed by atoms with van der Waals surface area (Å²) < 4.78 is 7.77. The maximum absolute atomic E-state index is 12.9. The first-order chi connectivity index (χ1) is 12.1. The Morgan fingerprint density at radius 1 is 1.32 bits per heavy atom. The van der Waals surface area contributed by atoms with Crippen molar-refractivity contribution in [2.24, 2.45) is 0 Å². The van der Waals surface area contributed by atoms with Crippen LogP contribution in [0.1, 0.15) is 25.5 Å². The molecule has 1 aliphatic rings. The summed E-state index contributed by atoms with van der Waals surface area (Å²) in [7, 11) is 0. The van der Waals surface area contributed by atoms with E-state index in [4.69, 9.17) is 4.74 Å². The van der Waals surface area contributed by atoms with Crippen molar-refractivity contribution in [2.45, 2.75) is 38.6 Å². The Bertz CT molecular complexity index is 657. The van der Waals surface area contributed by atoms with E-state index in [0.29, 0.717) is 19.7 Å². The van der Waals surface area contributed by atoms with Crippen molar-refractivity contribution in [3.63, 3.8) is 0 Å². The summed E-state index contributed by atoms with van der Waals surface area (Å²) >= 11 is 0. The molecule has 25 heavy (non-hydrogen) atoms. The average molecular weight is 342 g/mol. The second-order valence-corrected chi connectivity index (χ2v) is 6.69. The van der Waals surface area contributed by atoms with E-state index in [2.05, 4.69) is 15.3 Å². The Balaban J connectivity index is 1.76. The van der Waals surface area contributed by atoms with Gasteiger partial charge in [0, 0.05) is 31.5 Å². The van der Waals surface area contributed by atoms with Crippen molar-refractivity contribution < 1.29 is 9.53 Å². The molecule has 6 nitrogen and oxygen atoms in total. The molecule has 1 N–H and O–H groups in total. The standard InChI is InChI=1S/C19H26N4O2/c1-15(2)21-19(24)18(16-7-4-3-5-8-16)22-11-12-25-17(13-22)14-23-10-6-9-20-23/h3-10,15,17-18H,11-14H2,1-2H3,(H,21,24)/t17-,18+/m1/s1. The van der Waals surface area contributed by atoms with Gasteiger partial charge in [0.2, 0.25) is 5.91 Å². The van der Waals surface area contributed by atoms with Crippen molar-refractivity contribution in [1.82, 2.24) is 20.0 Å². The second kappa shape index (κ2) is 8.27. The molecule has 1 saturated heterocycles.